The third-order valence-electron chi connectivity index (χ3n) is 4.31. The van der Waals surface area contributed by atoms with Crippen LogP contribution in [0.3, 0.4) is 0 Å². The zero-order valence-corrected chi connectivity index (χ0v) is 7.95. The molecule has 1 aliphatic carbocycles. The third kappa shape index (κ3) is 1.10. The summed E-state index contributed by atoms with van der Waals surface area (Å²) < 4.78 is 0. The minimum absolute atomic E-state index is 0.748. The Kier molecular flexibility index (Phi) is 1.63. The third-order valence-corrected chi connectivity index (χ3v) is 4.31. The van der Waals surface area contributed by atoms with Crippen molar-refractivity contribution in [2.45, 2.75) is 19.3 Å². The van der Waals surface area contributed by atoms with E-state index in [4.69, 9.17) is 5.26 Å². The molecule has 3 aliphatic heterocycles. The van der Waals surface area contributed by atoms with E-state index in [-0.39, 0.29) is 0 Å². The molecule has 3 saturated heterocycles. The molecule has 0 aromatic heterocycles. The number of rotatable bonds is 1. The van der Waals surface area contributed by atoms with Crippen LogP contribution in [0, 0.1) is 35.0 Å². The Morgan fingerprint density at radius 1 is 1.15 bits per heavy atom. The number of hydrogen-bond acceptors (Lipinski definition) is 2. The van der Waals surface area contributed by atoms with E-state index in [0.29, 0.717) is 0 Å². The Bertz CT molecular complexity index is 225. The van der Waals surface area contributed by atoms with E-state index in [1.54, 1.807) is 0 Å². The van der Waals surface area contributed by atoms with E-state index in [0.717, 1.165) is 30.1 Å². The first-order valence-corrected chi connectivity index (χ1v) is 5.46. The van der Waals surface area contributed by atoms with Crippen LogP contribution in [0.5, 0.6) is 0 Å². The normalized spacial score (nSPS) is 52.1. The fourth-order valence-corrected chi connectivity index (χ4v) is 3.95. The summed E-state index contributed by atoms with van der Waals surface area (Å²) in [6, 6.07) is 2.38. The second-order valence-electron chi connectivity index (χ2n) is 5.10. The summed E-state index contributed by atoms with van der Waals surface area (Å²) in [5.74, 6) is 3.46. The molecule has 2 unspecified atom stereocenters. The maximum atomic E-state index is 8.79. The van der Waals surface area contributed by atoms with Crippen LogP contribution in [-0.4, -0.2) is 24.5 Å². The smallest absolute Gasteiger partial charge is 0.0624 e. The molecule has 4 fully saturated rings. The minimum atomic E-state index is 0.748. The van der Waals surface area contributed by atoms with Crippen LogP contribution in [0.2, 0.25) is 0 Å². The van der Waals surface area contributed by atoms with Gasteiger partial charge < -0.3 is 4.90 Å². The van der Waals surface area contributed by atoms with E-state index in [9.17, 15) is 0 Å². The summed E-state index contributed by atoms with van der Waals surface area (Å²) in [6.45, 7) is 3.94. The molecular formula is C11H16N2. The topological polar surface area (TPSA) is 27.0 Å². The van der Waals surface area contributed by atoms with Crippen molar-refractivity contribution >= 4 is 0 Å². The quantitative estimate of drug-likeness (QED) is 0.605. The first-order chi connectivity index (χ1) is 6.36. The summed E-state index contributed by atoms with van der Waals surface area (Å²) in [5, 5.41) is 8.79. The number of nitriles is 1. The lowest BCUT2D eigenvalue weighted by Crippen LogP contribution is -2.57. The average molecular weight is 176 g/mol. The maximum Gasteiger partial charge on any atom is 0.0624 e. The van der Waals surface area contributed by atoms with Gasteiger partial charge in [0.25, 0.3) is 0 Å². The van der Waals surface area contributed by atoms with Crippen LogP contribution >= 0.6 is 0 Å². The Morgan fingerprint density at radius 3 is 2.38 bits per heavy atom. The van der Waals surface area contributed by atoms with E-state index < -0.39 is 0 Å². The number of nitrogens with zero attached hydrogens (tertiary/aromatic N) is 2. The molecule has 2 heteroatoms. The minimum Gasteiger partial charge on any atom is -0.302 e. The average Bonchev–Trinajstić information content (AvgIpc) is 2.10. The second-order valence-corrected chi connectivity index (χ2v) is 5.10. The lowest BCUT2D eigenvalue weighted by molar-refractivity contribution is -0.0622. The van der Waals surface area contributed by atoms with Crippen molar-refractivity contribution in [2.24, 2.45) is 23.7 Å². The number of piperidine rings is 3. The molecule has 4 bridgehead atoms. The summed E-state index contributed by atoms with van der Waals surface area (Å²) >= 11 is 0. The van der Waals surface area contributed by atoms with Gasteiger partial charge in [0.2, 0.25) is 0 Å². The predicted molar refractivity (Wildman–Crippen MR) is 49.9 cm³/mol. The monoisotopic (exact) mass is 176 g/mol. The zero-order chi connectivity index (χ0) is 8.84. The highest BCUT2D eigenvalue weighted by Crippen LogP contribution is 2.47. The molecule has 0 aromatic carbocycles. The molecule has 0 spiro atoms. The van der Waals surface area contributed by atoms with Crippen molar-refractivity contribution in [1.82, 2.24) is 4.90 Å². The summed E-state index contributed by atoms with van der Waals surface area (Å²) in [6.07, 6.45) is 3.65. The molecule has 0 radical (unpaired) electrons. The van der Waals surface area contributed by atoms with Gasteiger partial charge in [0.05, 0.1) is 6.07 Å². The van der Waals surface area contributed by atoms with E-state index >= 15 is 0 Å². The Morgan fingerprint density at radius 2 is 1.85 bits per heavy atom. The van der Waals surface area contributed by atoms with Gasteiger partial charge in [0, 0.05) is 26.1 Å². The van der Waals surface area contributed by atoms with Gasteiger partial charge >= 0.3 is 0 Å². The van der Waals surface area contributed by atoms with Gasteiger partial charge in [0.1, 0.15) is 0 Å². The van der Waals surface area contributed by atoms with Gasteiger partial charge in [-0.25, -0.2) is 0 Å². The molecule has 0 N–H and O–H groups in total. The van der Waals surface area contributed by atoms with Crippen LogP contribution in [0.1, 0.15) is 19.3 Å². The van der Waals surface area contributed by atoms with Gasteiger partial charge in [0.15, 0.2) is 0 Å². The molecule has 2 atom stereocenters. The molecule has 0 aromatic rings. The maximum absolute atomic E-state index is 8.79. The molecule has 4 aliphatic rings. The van der Waals surface area contributed by atoms with Gasteiger partial charge in [-0.2, -0.15) is 5.26 Å². The lowest BCUT2D eigenvalue weighted by Gasteiger charge is -2.55. The van der Waals surface area contributed by atoms with Crippen LogP contribution in [0.15, 0.2) is 0 Å². The SMILES string of the molecule is N#CCC1C2CC3CC1CN(C3)C2. The van der Waals surface area contributed by atoms with Crippen LogP contribution in [0.25, 0.3) is 0 Å². The highest BCUT2D eigenvalue weighted by Gasteiger charge is 2.46. The molecule has 4 rings (SSSR count). The molecule has 0 amide bonds. The largest absolute Gasteiger partial charge is 0.302 e. The van der Waals surface area contributed by atoms with Crippen LogP contribution < -0.4 is 0 Å². The molecule has 13 heavy (non-hydrogen) atoms. The first kappa shape index (κ1) is 7.82. The molecule has 1 saturated carbocycles. The highest BCUT2D eigenvalue weighted by atomic mass is 15.2. The second kappa shape index (κ2) is 2.72. The van der Waals surface area contributed by atoms with Crippen molar-refractivity contribution in [1.29, 1.82) is 5.26 Å². The first-order valence-electron chi connectivity index (χ1n) is 5.46. The summed E-state index contributed by atoms with van der Waals surface area (Å²) in [4.78, 5) is 2.63. The summed E-state index contributed by atoms with van der Waals surface area (Å²) in [5.41, 5.74) is 0. The van der Waals surface area contributed by atoms with Crippen molar-refractivity contribution < 1.29 is 0 Å². The Labute approximate surface area is 79.5 Å². The van der Waals surface area contributed by atoms with Gasteiger partial charge in [-0.3, -0.25) is 0 Å². The van der Waals surface area contributed by atoms with Crippen LogP contribution in [-0.2, 0) is 0 Å². The van der Waals surface area contributed by atoms with Crippen molar-refractivity contribution in [3.63, 3.8) is 0 Å². The van der Waals surface area contributed by atoms with Crippen molar-refractivity contribution in [3.05, 3.63) is 0 Å². The molecular weight excluding hydrogens is 160 g/mol. The predicted octanol–water partition coefficient (Wildman–Crippen LogP) is 1.49. The van der Waals surface area contributed by atoms with Crippen molar-refractivity contribution in [3.8, 4) is 6.07 Å². The molecule has 70 valence electrons. The van der Waals surface area contributed by atoms with Gasteiger partial charge in [-0.15, -0.1) is 0 Å². The fraction of sp³-hybridized carbons (Fsp3) is 0.909. The Balaban J connectivity index is 1.82. The van der Waals surface area contributed by atoms with E-state index in [1.807, 2.05) is 0 Å². The number of hydrogen-bond donors (Lipinski definition) is 0. The van der Waals surface area contributed by atoms with Crippen molar-refractivity contribution in [2.75, 3.05) is 19.6 Å². The lowest BCUT2D eigenvalue weighted by atomic mass is 9.61. The van der Waals surface area contributed by atoms with Gasteiger partial charge in [-0.1, -0.05) is 0 Å². The van der Waals surface area contributed by atoms with E-state index in [2.05, 4.69) is 11.0 Å². The summed E-state index contributed by atoms with van der Waals surface area (Å²) in [7, 11) is 0. The Hall–Kier alpha value is -0.550. The van der Waals surface area contributed by atoms with Gasteiger partial charge in [-0.05, 0) is 36.5 Å². The van der Waals surface area contributed by atoms with E-state index in [1.165, 1.54) is 32.5 Å². The molecule has 2 nitrogen and oxygen atoms in total. The molecule has 3 heterocycles. The standard InChI is InChI=1S/C11H16N2/c12-2-1-11-9-3-8-4-10(11)7-13(5-8)6-9/h8-11H,1,3-7H2. The van der Waals surface area contributed by atoms with Crippen LogP contribution in [0.4, 0.5) is 0 Å². The zero-order valence-electron chi connectivity index (χ0n) is 7.95. The fourth-order valence-electron chi connectivity index (χ4n) is 3.95. The highest BCUT2D eigenvalue weighted by molar-refractivity contribution is 5.00.